The Morgan fingerprint density at radius 3 is 2.65 bits per heavy atom. The molecule has 2 aromatic rings. The van der Waals surface area contributed by atoms with Gasteiger partial charge < -0.3 is 14.6 Å². The summed E-state index contributed by atoms with van der Waals surface area (Å²) >= 11 is 0. The molecular formula is C20H21NO5. The van der Waals surface area contributed by atoms with Gasteiger partial charge in [-0.3, -0.25) is 4.90 Å². The zero-order valence-electron chi connectivity index (χ0n) is 14.6. The van der Waals surface area contributed by atoms with Crippen molar-refractivity contribution in [2.75, 3.05) is 13.2 Å². The maximum absolute atomic E-state index is 12.6. The second-order valence-corrected chi connectivity index (χ2v) is 6.02. The van der Waals surface area contributed by atoms with E-state index in [0.29, 0.717) is 18.5 Å². The molecule has 0 bridgehead atoms. The van der Waals surface area contributed by atoms with E-state index in [4.69, 9.17) is 9.47 Å². The molecule has 0 aliphatic carbocycles. The molecule has 0 spiro atoms. The largest absolute Gasteiger partial charge is 0.508 e. The third kappa shape index (κ3) is 3.79. The molecule has 0 fully saturated rings. The summed E-state index contributed by atoms with van der Waals surface area (Å²) in [5.41, 5.74) is 2.36. The van der Waals surface area contributed by atoms with E-state index in [2.05, 4.69) is 0 Å². The quantitative estimate of drug-likeness (QED) is 0.853. The van der Waals surface area contributed by atoms with Crippen LogP contribution in [-0.2, 0) is 27.3 Å². The maximum Gasteiger partial charge on any atom is 0.411 e. The Hall–Kier alpha value is -3.02. The van der Waals surface area contributed by atoms with Crippen molar-refractivity contribution in [2.24, 2.45) is 0 Å². The van der Waals surface area contributed by atoms with E-state index in [1.165, 1.54) is 11.0 Å². The summed E-state index contributed by atoms with van der Waals surface area (Å²) < 4.78 is 10.6. The number of hydrogen-bond donors (Lipinski definition) is 1. The first kappa shape index (κ1) is 17.8. The smallest absolute Gasteiger partial charge is 0.411 e. The predicted octanol–water partition coefficient (Wildman–Crippen LogP) is 3.19. The van der Waals surface area contributed by atoms with Crippen LogP contribution < -0.4 is 0 Å². The Morgan fingerprint density at radius 2 is 1.92 bits per heavy atom. The molecule has 0 saturated carbocycles. The normalized spacial score (nSPS) is 15.9. The highest BCUT2D eigenvalue weighted by Crippen LogP contribution is 2.33. The lowest BCUT2D eigenvalue weighted by Gasteiger charge is -2.34. The van der Waals surface area contributed by atoms with Gasteiger partial charge in [-0.2, -0.15) is 0 Å². The lowest BCUT2D eigenvalue weighted by molar-refractivity contribution is -0.149. The standard InChI is InChI=1S/C20H21NO5/c1-2-25-19(23)18-17-9-8-16(22)12-15(17)10-11-21(18)20(24)26-13-14-6-4-3-5-7-14/h3-9,12,18,22H,2,10-11,13H2,1H3. The number of phenolic OH excluding ortho intramolecular Hbond substituents is 1. The molecule has 2 aromatic carbocycles. The lowest BCUT2D eigenvalue weighted by Crippen LogP contribution is -2.44. The first-order valence-electron chi connectivity index (χ1n) is 8.56. The Labute approximate surface area is 152 Å². The van der Waals surface area contributed by atoms with Gasteiger partial charge in [0.15, 0.2) is 6.04 Å². The lowest BCUT2D eigenvalue weighted by atomic mass is 9.92. The number of amides is 1. The van der Waals surface area contributed by atoms with Crippen molar-refractivity contribution in [2.45, 2.75) is 26.0 Å². The van der Waals surface area contributed by atoms with E-state index in [-0.39, 0.29) is 19.0 Å². The minimum atomic E-state index is -0.873. The van der Waals surface area contributed by atoms with Gasteiger partial charge in [0.1, 0.15) is 12.4 Å². The van der Waals surface area contributed by atoms with E-state index in [0.717, 1.165) is 11.1 Å². The van der Waals surface area contributed by atoms with Crippen LogP contribution in [0.25, 0.3) is 0 Å². The number of fused-ring (bicyclic) bond motifs is 1. The van der Waals surface area contributed by atoms with Gasteiger partial charge in [0.2, 0.25) is 0 Å². The Morgan fingerprint density at radius 1 is 1.15 bits per heavy atom. The van der Waals surface area contributed by atoms with E-state index in [9.17, 15) is 14.7 Å². The van der Waals surface area contributed by atoms with Crippen LogP contribution in [0.5, 0.6) is 5.75 Å². The van der Waals surface area contributed by atoms with Gasteiger partial charge in [0.25, 0.3) is 0 Å². The number of rotatable bonds is 4. The number of ether oxygens (including phenoxy) is 2. The summed E-state index contributed by atoms with van der Waals surface area (Å²) in [6.45, 7) is 2.38. The van der Waals surface area contributed by atoms with Gasteiger partial charge in [-0.25, -0.2) is 9.59 Å². The fraction of sp³-hybridized carbons (Fsp3) is 0.300. The van der Waals surface area contributed by atoms with Crippen LogP contribution in [0.15, 0.2) is 48.5 Å². The molecule has 0 saturated heterocycles. The van der Waals surface area contributed by atoms with Crippen LogP contribution in [0.2, 0.25) is 0 Å². The van der Waals surface area contributed by atoms with Crippen LogP contribution in [0.3, 0.4) is 0 Å². The molecular weight excluding hydrogens is 334 g/mol. The predicted molar refractivity (Wildman–Crippen MR) is 94.5 cm³/mol. The average molecular weight is 355 g/mol. The average Bonchev–Trinajstić information content (AvgIpc) is 2.66. The maximum atomic E-state index is 12.6. The summed E-state index contributed by atoms with van der Waals surface area (Å²) in [6, 6.07) is 13.3. The fourth-order valence-electron chi connectivity index (χ4n) is 3.09. The second-order valence-electron chi connectivity index (χ2n) is 6.02. The topological polar surface area (TPSA) is 76.1 Å². The van der Waals surface area contributed by atoms with Gasteiger partial charge in [-0.15, -0.1) is 0 Å². The van der Waals surface area contributed by atoms with Gasteiger partial charge in [0.05, 0.1) is 6.61 Å². The van der Waals surface area contributed by atoms with Crippen LogP contribution in [0.1, 0.15) is 29.7 Å². The summed E-state index contributed by atoms with van der Waals surface area (Å²) in [7, 11) is 0. The monoisotopic (exact) mass is 355 g/mol. The molecule has 26 heavy (non-hydrogen) atoms. The van der Waals surface area contributed by atoms with Gasteiger partial charge >= 0.3 is 12.1 Å². The summed E-state index contributed by atoms with van der Waals surface area (Å²) in [6.07, 6.45) is -0.0364. The number of benzene rings is 2. The van der Waals surface area contributed by atoms with Gasteiger partial charge in [0, 0.05) is 6.54 Å². The van der Waals surface area contributed by atoms with Crippen molar-refractivity contribution in [3.8, 4) is 5.75 Å². The second kappa shape index (κ2) is 7.91. The summed E-state index contributed by atoms with van der Waals surface area (Å²) in [5.74, 6) is -0.373. The number of esters is 1. The van der Waals surface area contributed by atoms with Crippen LogP contribution >= 0.6 is 0 Å². The number of hydrogen-bond acceptors (Lipinski definition) is 5. The molecule has 3 rings (SSSR count). The third-order valence-corrected chi connectivity index (χ3v) is 4.30. The molecule has 6 heteroatoms. The Balaban J connectivity index is 1.81. The minimum Gasteiger partial charge on any atom is -0.508 e. The van der Waals surface area contributed by atoms with Crippen molar-refractivity contribution in [1.29, 1.82) is 0 Å². The van der Waals surface area contributed by atoms with Crippen molar-refractivity contribution in [1.82, 2.24) is 4.90 Å². The number of carbonyl (C=O) groups is 2. The van der Waals surface area contributed by atoms with E-state index < -0.39 is 18.1 Å². The molecule has 136 valence electrons. The molecule has 1 unspecified atom stereocenters. The van der Waals surface area contributed by atoms with Crippen molar-refractivity contribution in [3.05, 3.63) is 65.2 Å². The first-order valence-corrected chi connectivity index (χ1v) is 8.56. The van der Waals surface area contributed by atoms with Crippen LogP contribution in [0.4, 0.5) is 4.79 Å². The van der Waals surface area contributed by atoms with Gasteiger partial charge in [-0.05, 0) is 42.2 Å². The van der Waals surface area contributed by atoms with E-state index in [1.807, 2.05) is 30.3 Å². The third-order valence-electron chi connectivity index (χ3n) is 4.30. The van der Waals surface area contributed by atoms with Crippen LogP contribution in [0, 0.1) is 0 Å². The highest BCUT2D eigenvalue weighted by Gasteiger charge is 2.38. The number of aromatic hydroxyl groups is 1. The zero-order chi connectivity index (χ0) is 18.5. The van der Waals surface area contributed by atoms with E-state index >= 15 is 0 Å². The number of carbonyl (C=O) groups excluding carboxylic acids is 2. The molecule has 1 atom stereocenters. The molecule has 0 radical (unpaired) electrons. The Bertz CT molecular complexity index is 790. The molecule has 1 heterocycles. The number of phenols is 1. The molecule has 6 nitrogen and oxygen atoms in total. The van der Waals surface area contributed by atoms with Crippen molar-refractivity contribution < 1.29 is 24.2 Å². The summed E-state index contributed by atoms with van der Waals surface area (Å²) in [4.78, 5) is 26.5. The highest BCUT2D eigenvalue weighted by atomic mass is 16.6. The fourth-order valence-corrected chi connectivity index (χ4v) is 3.09. The zero-order valence-corrected chi connectivity index (χ0v) is 14.6. The van der Waals surface area contributed by atoms with Crippen molar-refractivity contribution >= 4 is 12.1 Å². The highest BCUT2D eigenvalue weighted by molar-refractivity contribution is 5.84. The van der Waals surface area contributed by atoms with Crippen LogP contribution in [-0.4, -0.2) is 35.2 Å². The first-order chi connectivity index (χ1) is 12.6. The van der Waals surface area contributed by atoms with E-state index in [1.54, 1.807) is 19.1 Å². The van der Waals surface area contributed by atoms with Gasteiger partial charge in [-0.1, -0.05) is 36.4 Å². The number of nitrogens with zero attached hydrogens (tertiary/aromatic N) is 1. The Kier molecular flexibility index (Phi) is 5.41. The molecule has 1 N–H and O–H groups in total. The molecule has 1 amide bonds. The summed E-state index contributed by atoms with van der Waals surface area (Å²) in [5, 5.41) is 9.68. The molecule has 1 aliphatic rings. The minimum absolute atomic E-state index is 0.131. The molecule has 0 aromatic heterocycles. The molecule has 1 aliphatic heterocycles. The van der Waals surface area contributed by atoms with Crippen molar-refractivity contribution in [3.63, 3.8) is 0 Å². The SMILES string of the molecule is CCOC(=O)C1c2ccc(O)cc2CCN1C(=O)OCc1ccccc1.